The molecule has 0 radical (unpaired) electrons. The second-order valence-electron chi connectivity index (χ2n) is 7.71. The Morgan fingerprint density at radius 1 is 1.00 bits per heavy atom. The fourth-order valence-electron chi connectivity index (χ4n) is 3.51. The highest BCUT2D eigenvalue weighted by molar-refractivity contribution is 5.91. The van der Waals surface area contributed by atoms with E-state index in [2.05, 4.69) is 15.5 Å². The van der Waals surface area contributed by atoms with Gasteiger partial charge in [0.25, 0.3) is 11.8 Å². The Morgan fingerprint density at radius 3 is 2.30 bits per heavy atom. The molecule has 0 aliphatic carbocycles. The number of rotatable bonds is 8. The van der Waals surface area contributed by atoms with E-state index in [-0.39, 0.29) is 30.9 Å². The summed E-state index contributed by atoms with van der Waals surface area (Å²) >= 11 is 0. The Bertz CT molecular complexity index is 820. The molecule has 3 N–H and O–H groups in total. The number of amides is 2. The molecule has 0 spiro atoms. The predicted molar refractivity (Wildman–Crippen MR) is 118 cm³/mol. The van der Waals surface area contributed by atoms with Crippen molar-refractivity contribution in [3.05, 3.63) is 60.2 Å². The average molecular weight is 412 g/mol. The summed E-state index contributed by atoms with van der Waals surface area (Å²) in [6.45, 7) is 5.65. The van der Waals surface area contributed by atoms with Gasteiger partial charge in [0.2, 0.25) is 0 Å². The van der Waals surface area contributed by atoms with E-state index in [4.69, 9.17) is 4.74 Å². The molecule has 0 aromatic heterocycles. The second kappa shape index (κ2) is 10.8. The molecule has 2 aromatic carbocycles. The molecule has 7 heteroatoms. The third-order valence-electron chi connectivity index (χ3n) is 5.13. The minimum absolute atomic E-state index is 0.0645. The zero-order valence-corrected chi connectivity index (χ0v) is 17.7. The molecule has 3 rings (SSSR count). The van der Waals surface area contributed by atoms with E-state index in [0.717, 1.165) is 48.1 Å². The van der Waals surface area contributed by atoms with E-state index in [9.17, 15) is 9.59 Å². The van der Waals surface area contributed by atoms with Crippen LogP contribution in [-0.2, 0) is 14.3 Å². The van der Waals surface area contributed by atoms with Crippen LogP contribution in [0.15, 0.2) is 54.6 Å². The molecule has 1 aliphatic rings. The first-order valence-corrected chi connectivity index (χ1v) is 10.4. The van der Waals surface area contributed by atoms with Gasteiger partial charge in [0, 0.05) is 24.5 Å². The lowest BCUT2D eigenvalue weighted by Gasteiger charge is -2.28. The van der Waals surface area contributed by atoms with Crippen LogP contribution in [0.3, 0.4) is 0 Å². The minimum atomic E-state index is -0.115. The normalized spacial score (nSPS) is 15.9. The van der Waals surface area contributed by atoms with Crippen molar-refractivity contribution in [1.82, 2.24) is 5.32 Å². The summed E-state index contributed by atoms with van der Waals surface area (Å²) < 4.78 is 5.38. The van der Waals surface area contributed by atoms with Crippen LogP contribution in [0.1, 0.15) is 18.5 Å². The maximum absolute atomic E-state index is 12.3. The molecular formula is C23H31N4O3+. The number of carbonyl (C=O) groups excluding carboxylic acids is 2. The van der Waals surface area contributed by atoms with Crippen LogP contribution in [-0.4, -0.2) is 58.3 Å². The zero-order valence-electron chi connectivity index (χ0n) is 17.7. The van der Waals surface area contributed by atoms with Gasteiger partial charge in [0.15, 0.2) is 13.1 Å². The molecule has 30 heavy (non-hydrogen) atoms. The topological polar surface area (TPSA) is 75.1 Å². The van der Waals surface area contributed by atoms with Crippen LogP contribution in [0.5, 0.6) is 0 Å². The fourth-order valence-corrected chi connectivity index (χ4v) is 3.51. The fraction of sp³-hybridized carbons (Fsp3) is 0.391. The summed E-state index contributed by atoms with van der Waals surface area (Å²) in [4.78, 5) is 27.7. The van der Waals surface area contributed by atoms with Crippen molar-refractivity contribution in [3.8, 4) is 0 Å². The zero-order chi connectivity index (χ0) is 21.3. The van der Waals surface area contributed by atoms with Crippen molar-refractivity contribution in [3.63, 3.8) is 0 Å². The van der Waals surface area contributed by atoms with Gasteiger partial charge < -0.3 is 25.2 Å². The van der Waals surface area contributed by atoms with Gasteiger partial charge in [-0.05, 0) is 36.8 Å². The van der Waals surface area contributed by atoms with Crippen LogP contribution in [0.4, 0.5) is 11.4 Å². The average Bonchev–Trinajstić information content (AvgIpc) is 2.75. The van der Waals surface area contributed by atoms with E-state index >= 15 is 0 Å². The second-order valence-corrected chi connectivity index (χ2v) is 7.71. The summed E-state index contributed by atoms with van der Waals surface area (Å²) in [7, 11) is 1.84. The van der Waals surface area contributed by atoms with Crippen molar-refractivity contribution < 1.29 is 19.2 Å². The van der Waals surface area contributed by atoms with Gasteiger partial charge in [-0.15, -0.1) is 0 Å². The summed E-state index contributed by atoms with van der Waals surface area (Å²) in [5.41, 5.74) is 2.94. The summed E-state index contributed by atoms with van der Waals surface area (Å²) in [5, 5.41) is 5.89. The van der Waals surface area contributed by atoms with Crippen molar-refractivity contribution >= 4 is 23.2 Å². The lowest BCUT2D eigenvalue weighted by molar-refractivity contribution is -0.862. The number of quaternary nitrogens is 1. The van der Waals surface area contributed by atoms with Gasteiger partial charge >= 0.3 is 0 Å². The summed E-state index contributed by atoms with van der Waals surface area (Å²) in [6, 6.07) is 17.6. The molecule has 2 amide bonds. The third kappa shape index (κ3) is 6.57. The number of anilines is 2. The first-order valence-electron chi connectivity index (χ1n) is 10.4. The summed E-state index contributed by atoms with van der Waals surface area (Å²) in [6.07, 6.45) is 0. The number of benzene rings is 2. The number of morpholine rings is 1. The number of nitrogens with one attached hydrogen (secondary N) is 3. The number of hydrogen-bond donors (Lipinski definition) is 3. The number of likely N-dealkylation sites (N-methyl/N-ethyl adjacent to an activating group) is 1. The van der Waals surface area contributed by atoms with E-state index in [1.54, 1.807) is 0 Å². The molecule has 1 fully saturated rings. The van der Waals surface area contributed by atoms with Crippen LogP contribution < -0.4 is 20.4 Å². The quantitative estimate of drug-likeness (QED) is 0.602. The first-order chi connectivity index (χ1) is 14.5. The highest BCUT2D eigenvalue weighted by atomic mass is 16.5. The number of carbonyl (C=O) groups is 2. The molecule has 1 unspecified atom stereocenters. The maximum Gasteiger partial charge on any atom is 0.279 e. The molecule has 1 aliphatic heterocycles. The number of nitrogens with zero attached hydrogens (tertiary/aromatic N) is 1. The largest absolute Gasteiger partial charge is 0.378 e. The maximum atomic E-state index is 12.3. The van der Waals surface area contributed by atoms with E-state index in [1.165, 1.54) is 0 Å². The molecule has 0 bridgehead atoms. The predicted octanol–water partition coefficient (Wildman–Crippen LogP) is 0.854. The lowest BCUT2D eigenvalue weighted by atomic mass is 10.1. The molecule has 160 valence electrons. The number of hydrogen-bond acceptors (Lipinski definition) is 4. The van der Waals surface area contributed by atoms with Crippen LogP contribution in [0.25, 0.3) is 0 Å². The Kier molecular flexibility index (Phi) is 7.82. The molecule has 0 saturated carbocycles. The molecule has 7 nitrogen and oxygen atoms in total. The Balaban J connectivity index is 1.42. The first kappa shape index (κ1) is 21.8. The number of ether oxygens (including phenoxy) is 1. The van der Waals surface area contributed by atoms with Crippen molar-refractivity contribution in [2.75, 3.05) is 56.7 Å². The Morgan fingerprint density at radius 2 is 1.63 bits per heavy atom. The smallest absolute Gasteiger partial charge is 0.279 e. The van der Waals surface area contributed by atoms with Gasteiger partial charge in [0.05, 0.1) is 26.3 Å². The molecule has 1 heterocycles. The standard InChI is InChI=1S/C23H30N4O3/c1-18(19-6-4-3-5-7-19)24-22(28)16-26(2)17-23(29)25-20-8-10-21(11-9-20)27-12-14-30-15-13-27/h3-11,18H,12-17H2,1-2H3,(H,24,28)(H,25,29)/p+1/t18-/m1/s1. The van der Waals surface area contributed by atoms with Gasteiger partial charge in [-0.2, -0.15) is 0 Å². The lowest BCUT2D eigenvalue weighted by Crippen LogP contribution is -3.11. The van der Waals surface area contributed by atoms with Gasteiger partial charge in [0.1, 0.15) is 0 Å². The molecule has 2 atom stereocenters. The Hall–Kier alpha value is -2.90. The van der Waals surface area contributed by atoms with Crippen LogP contribution >= 0.6 is 0 Å². The summed E-state index contributed by atoms with van der Waals surface area (Å²) in [5.74, 6) is -0.193. The monoisotopic (exact) mass is 411 g/mol. The van der Waals surface area contributed by atoms with E-state index in [0.29, 0.717) is 0 Å². The minimum Gasteiger partial charge on any atom is -0.378 e. The van der Waals surface area contributed by atoms with Crippen molar-refractivity contribution in [2.24, 2.45) is 0 Å². The van der Waals surface area contributed by atoms with Gasteiger partial charge in [-0.1, -0.05) is 30.3 Å². The molecule has 2 aromatic rings. The van der Waals surface area contributed by atoms with Gasteiger partial charge in [-0.25, -0.2) is 0 Å². The molecular weight excluding hydrogens is 380 g/mol. The Labute approximate surface area is 178 Å². The SMILES string of the molecule is C[C@@H](NC(=O)C[NH+](C)CC(=O)Nc1ccc(N2CCOCC2)cc1)c1ccccc1. The van der Waals surface area contributed by atoms with E-state index in [1.807, 2.05) is 68.6 Å². The van der Waals surface area contributed by atoms with Crippen molar-refractivity contribution in [1.29, 1.82) is 0 Å². The van der Waals surface area contributed by atoms with Crippen LogP contribution in [0.2, 0.25) is 0 Å². The van der Waals surface area contributed by atoms with Crippen LogP contribution in [0, 0.1) is 0 Å². The van der Waals surface area contributed by atoms with E-state index < -0.39 is 0 Å². The highest BCUT2D eigenvalue weighted by Crippen LogP contribution is 2.18. The molecule has 1 saturated heterocycles. The highest BCUT2D eigenvalue weighted by Gasteiger charge is 2.17. The van der Waals surface area contributed by atoms with Gasteiger partial charge in [-0.3, -0.25) is 9.59 Å². The third-order valence-corrected chi connectivity index (χ3v) is 5.13. The van der Waals surface area contributed by atoms with Crippen molar-refractivity contribution in [2.45, 2.75) is 13.0 Å².